The summed E-state index contributed by atoms with van der Waals surface area (Å²) in [5.74, 6) is 1.96. The zero-order valence-electron chi connectivity index (χ0n) is 13.3. The van der Waals surface area contributed by atoms with Crippen molar-refractivity contribution in [1.29, 1.82) is 0 Å². The third-order valence-electron chi connectivity index (χ3n) is 4.62. The Hall–Kier alpha value is -0.770. The number of guanidine groups is 1. The van der Waals surface area contributed by atoms with E-state index >= 15 is 0 Å². The summed E-state index contributed by atoms with van der Waals surface area (Å²) >= 11 is 0. The van der Waals surface area contributed by atoms with Gasteiger partial charge in [0.05, 0.1) is 0 Å². The highest BCUT2D eigenvalue weighted by Crippen LogP contribution is 2.31. The van der Waals surface area contributed by atoms with Gasteiger partial charge in [-0.3, -0.25) is 4.99 Å². The number of nitrogens with zero attached hydrogens (tertiary/aromatic N) is 2. The van der Waals surface area contributed by atoms with Gasteiger partial charge in [0, 0.05) is 32.7 Å². The van der Waals surface area contributed by atoms with E-state index < -0.39 is 0 Å². The van der Waals surface area contributed by atoms with Gasteiger partial charge in [-0.05, 0) is 45.1 Å². The lowest BCUT2D eigenvalue weighted by atomic mass is 10.0. The van der Waals surface area contributed by atoms with Gasteiger partial charge < -0.3 is 15.5 Å². The second-order valence-electron chi connectivity index (χ2n) is 6.39. The molecular weight excluding hydrogens is 248 g/mol. The van der Waals surface area contributed by atoms with E-state index in [2.05, 4.69) is 27.4 Å². The molecule has 2 fully saturated rings. The number of piperidine rings is 1. The van der Waals surface area contributed by atoms with Crippen molar-refractivity contribution in [2.45, 2.75) is 57.9 Å². The third kappa shape index (κ3) is 5.70. The molecule has 1 aliphatic heterocycles. The molecule has 1 saturated carbocycles. The number of likely N-dealkylation sites (tertiary alicyclic amines) is 1. The molecule has 20 heavy (non-hydrogen) atoms. The fraction of sp³-hybridized carbons (Fsp3) is 0.938. The van der Waals surface area contributed by atoms with Crippen LogP contribution in [0.25, 0.3) is 0 Å². The molecule has 0 bridgehead atoms. The lowest BCUT2D eigenvalue weighted by molar-refractivity contribution is 0.159. The molecule has 0 aromatic rings. The van der Waals surface area contributed by atoms with Crippen molar-refractivity contribution in [2.75, 3.05) is 33.2 Å². The molecule has 2 N–H and O–H groups in total. The first-order valence-corrected chi connectivity index (χ1v) is 8.48. The smallest absolute Gasteiger partial charge is 0.190 e. The zero-order chi connectivity index (χ0) is 14.2. The Bertz CT molecular complexity index is 299. The molecule has 4 nitrogen and oxygen atoms in total. The van der Waals surface area contributed by atoms with Crippen LogP contribution >= 0.6 is 0 Å². The average molecular weight is 280 g/mol. The van der Waals surface area contributed by atoms with Crippen LogP contribution in [0.15, 0.2) is 4.99 Å². The quantitative estimate of drug-likeness (QED) is 0.427. The number of aliphatic imine (C=N–C) groups is 1. The van der Waals surface area contributed by atoms with E-state index in [1.54, 1.807) is 0 Å². The van der Waals surface area contributed by atoms with E-state index in [4.69, 9.17) is 0 Å². The van der Waals surface area contributed by atoms with Crippen LogP contribution in [0.4, 0.5) is 0 Å². The van der Waals surface area contributed by atoms with Crippen LogP contribution in [0.2, 0.25) is 0 Å². The Balaban J connectivity index is 1.51. The Labute approximate surface area is 124 Å². The largest absolute Gasteiger partial charge is 0.356 e. The SMILES string of the molecule is CN=C(NCCCN1CCCCC1C)NCCC1CC1. The highest BCUT2D eigenvalue weighted by atomic mass is 15.2. The van der Waals surface area contributed by atoms with Gasteiger partial charge in [-0.25, -0.2) is 0 Å². The Kier molecular flexibility index (Phi) is 6.64. The van der Waals surface area contributed by atoms with Crippen molar-refractivity contribution in [3.05, 3.63) is 0 Å². The normalized spacial score (nSPS) is 24.7. The molecular formula is C16H32N4. The number of rotatable bonds is 7. The fourth-order valence-corrected chi connectivity index (χ4v) is 3.00. The van der Waals surface area contributed by atoms with Crippen molar-refractivity contribution in [3.8, 4) is 0 Å². The highest BCUT2D eigenvalue weighted by Gasteiger charge is 2.20. The maximum absolute atomic E-state index is 4.29. The molecule has 1 heterocycles. The lowest BCUT2D eigenvalue weighted by Gasteiger charge is -2.33. The highest BCUT2D eigenvalue weighted by molar-refractivity contribution is 5.79. The third-order valence-corrected chi connectivity index (χ3v) is 4.62. The second kappa shape index (κ2) is 8.50. The molecule has 2 rings (SSSR count). The molecule has 0 aromatic carbocycles. The second-order valence-corrected chi connectivity index (χ2v) is 6.39. The summed E-state index contributed by atoms with van der Waals surface area (Å²) in [6, 6.07) is 0.778. The molecule has 2 aliphatic rings. The molecule has 0 spiro atoms. The molecule has 1 aliphatic carbocycles. The predicted octanol–water partition coefficient (Wildman–Crippen LogP) is 2.22. The van der Waals surface area contributed by atoms with Gasteiger partial charge in [0.15, 0.2) is 5.96 Å². The van der Waals surface area contributed by atoms with Crippen LogP contribution < -0.4 is 10.6 Å². The maximum Gasteiger partial charge on any atom is 0.190 e. The monoisotopic (exact) mass is 280 g/mol. The molecule has 4 heteroatoms. The van der Waals surface area contributed by atoms with Crippen molar-refractivity contribution in [1.82, 2.24) is 15.5 Å². The summed E-state index contributed by atoms with van der Waals surface area (Å²) in [6.45, 7) is 6.95. The Morgan fingerprint density at radius 2 is 1.95 bits per heavy atom. The van der Waals surface area contributed by atoms with Gasteiger partial charge in [-0.15, -0.1) is 0 Å². The summed E-state index contributed by atoms with van der Waals surface area (Å²) in [5, 5.41) is 6.84. The van der Waals surface area contributed by atoms with E-state index in [0.29, 0.717) is 0 Å². The van der Waals surface area contributed by atoms with E-state index in [9.17, 15) is 0 Å². The van der Waals surface area contributed by atoms with Crippen LogP contribution in [0.5, 0.6) is 0 Å². The molecule has 116 valence electrons. The summed E-state index contributed by atoms with van der Waals surface area (Å²) in [5.41, 5.74) is 0. The topological polar surface area (TPSA) is 39.7 Å². The van der Waals surface area contributed by atoms with Crippen molar-refractivity contribution in [2.24, 2.45) is 10.9 Å². The number of nitrogens with one attached hydrogen (secondary N) is 2. The minimum atomic E-state index is 0.778. The summed E-state index contributed by atoms with van der Waals surface area (Å²) in [6.07, 6.45) is 9.52. The molecule has 1 saturated heterocycles. The van der Waals surface area contributed by atoms with Gasteiger partial charge in [0.2, 0.25) is 0 Å². The van der Waals surface area contributed by atoms with E-state index in [-0.39, 0.29) is 0 Å². The first kappa shape index (κ1) is 15.6. The standard InChI is InChI=1S/C16H32N4/c1-14-6-3-4-12-20(14)13-5-10-18-16(17-2)19-11-9-15-7-8-15/h14-15H,3-13H2,1-2H3,(H2,17,18,19). The lowest BCUT2D eigenvalue weighted by Crippen LogP contribution is -2.41. The predicted molar refractivity (Wildman–Crippen MR) is 86.2 cm³/mol. The summed E-state index contributed by atoms with van der Waals surface area (Å²) < 4.78 is 0. The molecule has 1 atom stereocenters. The zero-order valence-corrected chi connectivity index (χ0v) is 13.3. The van der Waals surface area contributed by atoms with Gasteiger partial charge in [0.25, 0.3) is 0 Å². The maximum atomic E-state index is 4.29. The van der Waals surface area contributed by atoms with E-state index in [1.807, 2.05) is 7.05 Å². The molecule has 0 aromatic heterocycles. The minimum Gasteiger partial charge on any atom is -0.356 e. The summed E-state index contributed by atoms with van der Waals surface area (Å²) in [4.78, 5) is 6.92. The van der Waals surface area contributed by atoms with Crippen LogP contribution in [0.3, 0.4) is 0 Å². The van der Waals surface area contributed by atoms with Crippen LogP contribution in [-0.4, -0.2) is 50.1 Å². The average Bonchev–Trinajstić information content (AvgIpc) is 3.27. The van der Waals surface area contributed by atoms with Crippen LogP contribution in [0, 0.1) is 5.92 Å². The van der Waals surface area contributed by atoms with Gasteiger partial charge >= 0.3 is 0 Å². The Morgan fingerprint density at radius 1 is 1.15 bits per heavy atom. The fourth-order valence-electron chi connectivity index (χ4n) is 3.00. The van der Waals surface area contributed by atoms with E-state index in [1.165, 1.54) is 58.0 Å². The Morgan fingerprint density at radius 3 is 2.65 bits per heavy atom. The molecule has 1 unspecified atom stereocenters. The van der Waals surface area contributed by atoms with E-state index in [0.717, 1.165) is 31.0 Å². The van der Waals surface area contributed by atoms with Crippen molar-refractivity contribution < 1.29 is 0 Å². The van der Waals surface area contributed by atoms with Crippen LogP contribution in [-0.2, 0) is 0 Å². The van der Waals surface area contributed by atoms with Gasteiger partial charge in [0.1, 0.15) is 0 Å². The van der Waals surface area contributed by atoms with Crippen molar-refractivity contribution in [3.63, 3.8) is 0 Å². The van der Waals surface area contributed by atoms with Gasteiger partial charge in [-0.1, -0.05) is 19.3 Å². The summed E-state index contributed by atoms with van der Waals surface area (Å²) in [7, 11) is 1.86. The first-order chi connectivity index (χ1) is 9.79. The minimum absolute atomic E-state index is 0.778. The molecule has 0 amide bonds. The number of hydrogen-bond acceptors (Lipinski definition) is 2. The molecule has 0 radical (unpaired) electrons. The van der Waals surface area contributed by atoms with Gasteiger partial charge in [-0.2, -0.15) is 0 Å². The van der Waals surface area contributed by atoms with Crippen LogP contribution in [0.1, 0.15) is 51.9 Å². The number of hydrogen-bond donors (Lipinski definition) is 2. The van der Waals surface area contributed by atoms with Crippen molar-refractivity contribution >= 4 is 5.96 Å². The first-order valence-electron chi connectivity index (χ1n) is 8.48.